The fraction of sp³-hybridized carbons (Fsp3) is 0.385. The average Bonchev–Trinajstić information content (AvgIpc) is 2.78. The first kappa shape index (κ1) is 14.2. The minimum absolute atomic E-state index is 0.0506. The van der Waals surface area contributed by atoms with E-state index in [0.717, 1.165) is 28.1 Å². The Bertz CT molecular complexity index is 570. The molecule has 19 heavy (non-hydrogen) atoms. The highest BCUT2D eigenvalue weighted by Crippen LogP contribution is 2.24. The van der Waals surface area contributed by atoms with E-state index in [2.05, 4.69) is 10.3 Å². The summed E-state index contributed by atoms with van der Waals surface area (Å²) in [6, 6.07) is 5.69. The maximum atomic E-state index is 11.4. The molecule has 0 radical (unpaired) electrons. The van der Waals surface area contributed by atoms with Gasteiger partial charge in [0.25, 0.3) is 0 Å². The summed E-state index contributed by atoms with van der Waals surface area (Å²) in [5.74, 6) is 0.0506. The fourth-order valence-corrected chi connectivity index (χ4v) is 2.83. The van der Waals surface area contributed by atoms with Crippen molar-refractivity contribution in [2.24, 2.45) is 5.73 Å². The zero-order valence-electron chi connectivity index (χ0n) is 10.5. The number of hydrogen-bond donors (Lipinski definition) is 2. The molecule has 0 fully saturated rings. The Labute approximate surface area is 121 Å². The first-order valence-corrected chi connectivity index (χ1v) is 7.40. The number of hydrogen-bond acceptors (Lipinski definition) is 4. The van der Waals surface area contributed by atoms with Gasteiger partial charge in [0.2, 0.25) is 5.91 Å². The van der Waals surface area contributed by atoms with Crippen LogP contribution in [-0.4, -0.2) is 24.0 Å². The molecule has 0 unspecified atom stereocenters. The quantitative estimate of drug-likeness (QED) is 0.860. The van der Waals surface area contributed by atoms with E-state index in [-0.39, 0.29) is 5.91 Å². The van der Waals surface area contributed by atoms with E-state index in [0.29, 0.717) is 24.5 Å². The zero-order valence-corrected chi connectivity index (χ0v) is 12.1. The Morgan fingerprint density at radius 1 is 1.47 bits per heavy atom. The number of benzene rings is 1. The summed E-state index contributed by atoms with van der Waals surface area (Å²) in [4.78, 5) is 15.9. The molecule has 0 atom stereocenters. The normalized spacial score (nSPS) is 10.8. The molecule has 1 amide bonds. The number of amides is 1. The number of halogens is 1. The Balaban J connectivity index is 1.86. The maximum absolute atomic E-state index is 11.4. The van der Waals surface area contributed by atoms with Crippen molar-refractivity contribution < 1.29 is 4.79 Å². The van der Waals surface area contributed by atoms with Crippen LogP contribution in [0.1, 0.15) is 17.8 Å². The molecular formula is C13H16ClN3OS. The van der Waals surface area contributed by atoms with E-state index >= 15 is 0 Å². The van der Waals surface area contributed by atoms with Crippen molar-refractivity contribution in [2.45, 2.75) is 19.3 Å². The molecular weight excluding hydrogens is 282 g/mol. The number of thiazole rings is 1. The predicted octanol–water partition coefficient (Wildman–Crippen LogP) is 2.35. The number of rotatable bonds is 6. The van der Waals surface area contributed by atoms with Gasteiger partial charge in [-0.15, -0.1) is 11.3 Å². The summed E-state index contributed by atoms with van der Waals surface area (Å²) in [6.07, 6.45) is 1.96. The molecule has 1 aromatic carbocycles. The van der Waals surface area contributed by atoms with Crippen LogP contribution in [0.4, 0.5) is 0 Å². The monoisotopic (exact) mass is 297 g/mol. The van der Waals surface area contributed by atoms with Gasteiger partial charge in [0, 0.05) is 24.4 Å². The molecule has 0 saturated heterocycles. The molecule has 1 aromatic heterocycles. The highest BCUT2D eigenvalue weighted by Gasteiger charge is 2.05. The van der Waals surface area contributed by atoms with Crippen LogP contribution in [0.25, 0.3) is 10.2 Å². The molecule has 3 N–H and O–H groups in total. The fourth-order valence-electron chi connectivity index (χ4n) is 1.72. The molecule has 0 bridgehead atoms. The average molecular weight is 298 g/mol. The Hall–Kier alpha value is -1.17. The summed E-state index contributed by atoms with van der Waals surface area (Å²) >= 11 is 7.55. The van der Waals surface area contributed by atoms with Gasteiger partial charge in [-0.2, -0.15) is 0 Å². The van der Waals surface area contributed by atoms with Gasteiger partial charge in [-0.1, -0.05) is 11.6 Å². The van der Waals surface area contributed by atoms with Crippen molar-refractivity contribution in [3.63, 3.8) is 0 Å². The predicted molar refractivity (Wildman–Crippen MR) is 79.6 cm³/mol. The summed E-state index contributed by atoms with van der Waals surface area (Å²) in [7, 11) is 0. The van der Waals surface area contributed by atoms with E-state index < -0.39 is 0 Å². The lowest BCUT2D eigenvalue weighted by Gasteiger charge is -2.02. The van der Waals surface area contributed by atoms with E-state index in [4.69, 9.17) is 17.3 Å². The third-order valence-electron chi connectivity index (χ3n) is 2.66. The Morgan fingerprint density at radius 3 is 3.11 bits per heavy atom. The second kappa shape index (κ2) is 6.84. The van der Waals surface area contributed by atoms with Gasteiger partial charge in [-0.05, 0) is 31.2 Å². The van der Waals surface area contributed by atoms with Gasteiger partial charge in [0.05, 0.1) is 15.2 Å². The third kappa shape index (κ3) is 4.16. The highest BCUT2D eigenvalue weighted by atomic mass is 35.5. The van der Waals surface area contributed by atoms with E-state index in [1.165, 1.54) is 0 Å². The summed E-state index contributed by atoms with van der Waals surface area (Å²) < 4.78 is 1.12. The minimum Gasteiger partial charge on any atom is -0.356 e. The second-order valence-electron chi connectivity index (χ2n) is 4.21. The van der Waals surface area contributed by atoms with Crippen molar-refractivity contribution >= 4 is 39.1 Å². The van der Waals surface area contributed by atoms with Crippen molar-refractivity contribution in [3.05, 3.63) is 28.2 Å². The van der Waals surface area contributed by atoms with Crippen molar-refractivity contribution in [3.8, 4) is 0 Å². The van der Waals surface area contributed by atoms with Gasteiger partial charge < -0.3 is 11.1 Å². The molecule has 2 aromatic rings. The minimum atomic E-state index is 0.0506. The van der Waals surface area contributed by atoms with Crippen LogP contribution in [0.15, 0.2) is 18.2 Å². The number of fused-ring (bicyclic) bond motifs is 1. The lowest BCUT2D eigenvalue weighted by Crippen LogP contribution is -2.25. The van der Waals surface area contributed by atoms with Gasteiger partial charge in [0.15, 0.2) is 0 Å². The topological polar surface area (TPSA) is 68.0 Å². The molecule has 0 spiro atoms. The maximum Gasteiger partial charge on any atom is 0.220 e. The van der Waals surface area contributed by atoms with Crippen molar-refractivity contribution in [2.75, 3.05) is 13.1 Å². The lowest BCUT2D eigenvalue weighted by atomic mass is 10.3. The van der Waals surface area contributed by atoms with Gasteiger partial charge in [-0.3, -0.25) is 4.79 Å². The molecule has 1 heterocycles. The van der Waals surface area contributed by atoms with Crippen molar-refractivity contribution in [1.82, 2.24) is 10.3 Å². The van der Waals surface area contributed by atoms with Crippen LogP contribution >= 0.6 is 22.9 Å². The Morgan fingerprint density at radius 2 is 2.32 bits per heavy atom. The molecule has 0 aliphatic heterocycles. The number of nitrogens with zero attached hydrogens (tertiary/aromatic N) is 1. The van der Waals surface area contributed by atoms with Crippen LogP contribution in [0.3, 0.4) is 0 Å². The lowest BCUT2D eigenvalue weighted by molar-refractivity contribution is -0.121. The summed E-state index contributed by atoms with van der Waals surface area (Å²) in [5, 5.41) is 4.57. The standard InChI is InChI=1S/C13H16ClN3OS/c14-9-3-4-11-10(8-9)17-13(19-11)5-7-16-12(18)2-1-6-15/h3-4,8H,1-2,5-7,15H2,(H,16,18). The van der Waals surface area contributed by atoms with Gasteiger partial charge in [0.1, 0.15) is 0 Å². The third-order valence-corrected chi connectivity index (χ3v) is 3.99. The number of nitrogens with two attached hydrogens (primary N) is 1. The Kier molecular flexibility index (Phi) is 5.13. The summed E-state index contributed by atoms with van der Waals surface area (Å²) in [6.45, 7) is 1.16. The number of nitrogens with one attached hydrogen (secondary N) is 1. The van der Waals surface area contributed by atoms with E-state index in [9.17, 15) is 4.79 Å². The summed E-state index contributed by atoms with van der Waals surface area (Å²) in [5.41, 5.74) is 6.27. The van der Waals surface area contributed by atoms with Crippen LogP contribution < -0.4 is 11.1 Å². The first-order chi connectivity index (χ1) is 9.19. The second-order valence-corrected chi connectivity index (χ2v) is 5.76. The van der Waals surface area contributed by atoms with Crippen LogP contribution in [0.2, 0.25) is 5.02 Å². The van der Waals surface area contributed by atoms with E-state index in [1.807, 2.05) is 18.2 Å². The van der Waals surface area contributed by atoms with Crippen LogP contribution in [-0.2, 0) is 11.2 Å². The molecule has 0 aliphatic rings. The largest absolute Gasteiger partial charge is 0.356 e. The smallest absolute Gasteiger partial charge is 0.220 e. The van der Waals surface area contributed by atoms with Crippen LogP contribution in [0, 0.1) is 0 Å². The highest BCUT2D eigenvalue weighted by molar-refractivity contribution is 7.18. The molecule has 4 nitrogen and oxygen atoms in total. The first-order valence-electron chi connectivity index (χ1n) is 6.21. The molecule has 0 saturated carbocycles. The molecule has 2 rings (SSSR count). The van der Waals surface area contributed by atoms with Crippen molar-refractivity contribution in [1.29, 1.82) is 0 Å². The molecule has 102 valence electrons. The van der Waals surface area contributed by atoms with E-state index in [1.54, 1.807) is 11.3 Å². The van der Waals surface area contributed by atoms with Crippen LogP contribution in [0.5, 0.6) is 0 Å². The number of carbonyl (C=O) groups is 1. The zero-order chi connectivity index (χ0) is 13.7. The SMILES string of the molecule is NCCCC(=O)NCCc1nc2cc(Cl)ccc2s1. The van der Waals surface area contributed by atoms with Gasteiger partial charge in [-0.25, -0.2) is 4.98 Å². The molecule has 0 aliphatic carbocycles. The molecule has 6 heteroatoms. The number of aromatic nitrogens is 1. The number of carbonyl (C=O) groups excluding carboxylic acids is 1. The van der Waals surface area contributed by atoms with Gasteiger partial charge >= 0.3 is 0 Å².